The van der Waals surface area contributed by atoms with Crippen molar-refractivity contribution in [3.8, 4) is 11.4 Å². The topological polar surface area (TPSA) is 182 Å². The van der Waals surface area contributed by atoms with Crippen LogP contribution in [0, 0.1) is 13.8 Å². The maximum absolute atomic E-state index is 13.5. The number of hydrogen-bond donors (Lipinski definition) is 3. The van der Waals surface area contributed by atoms with Gasteiger partial charge in [0.2, 0.25) is 11.8 Å². The van der Waals surface area contributed by atoms with E-state index < -0.39 is 24.0 Å². The zero-order valence-electron chi connectivity index (χ0n) is 26.1. The minimum atomic E-state index is -1.20. The number of hydrogen-bond acceptors (Lipinski definition) is 10. The largest absolute Gasteiger partial charge is 0.493 e. The van der Waals surface area contributed by atoms with Crippen LogP contribution in [0.5, 0.6) is 5.75 Å². The molecule has 4 bridgehead atoms. The highest BCUT2D eigenvalue weighted by Crippen LogP contribution is 2.20. The van der Waals surface area contributed by atoms with E-state index in [-0.39, 0.29) is 25.4 Å². The quantitative estimate of drug-likeness (QED) is 0.288. The van der Waals surface area contributed by atoms with E-state index in [2.05, 4.69) is 36.5 Å². The molecule has 3 amide bonds. The molecule has 3 N–H and O–H groups in total. The lowest BCUT2D eigenvalue weighted by Gasteiger charge is -2.25. The van der Waals surface area contributed by atoms with E-state index in [1.165, 1.54) is 6.92 Å². The Morgan fingerprint density at radius 2 is 1.87 bits per heavy atom. The smallest absolute Gasteiger partial charge is 0.252 e. The van der Waals surface area contributed by atoms with Gasteiger partial charge in [-0.05, 0) is 66.6 Å². The van der Waals surface area contributed by atoms with Gasteiger partial charge in [-0.2, -0.15) is 4.68 Å². The van der Waals surface area contributed by atoms with E-state index in [0.29, 0.717) is 49.7 Å². The second kappa shape index (κ2) is 14.7. The van der Waals surface area contributed by atoms with Crippen LogP contribution in [0.3, 0.4) is 0 Å². The number of aliphatic hydroxyl groups is 1. The summed E-state index contributed by atoms with van der Waals surface area (Å²) < 4.78 is 9.29. The number of nitrogens with zero attached hydrogens (tertiary/aromatic N) is 8. The van der Waals surface area contributed by atoms with Crippen LogP contribution in [0.1, 0.15) is 46.3 Å². The molecule has 15 heteroatoms. The Morgan fingerprint density at radius 3 is 2.61 bits per heavy atom. The highest BCUT2D eigenvalue weighted by Gasteiger charge is 2.27. The molecule has 0 radical (unpaired) electrons. The first-order valence-corrected chi connectivity index (χ1v) is 15.2. The Bertz CT molecular complexity index is 1670. The molecule has 15 nitrogen and oxygen atoms in total. The predicted molar refractivity (Wildman–Crippen MR) is 165 cm³/mol. The number of tetrazole rings is 1. The number of aryl methyl sites for hydroxylation is 3. The first-order valence-electron chi connectivity index (χ1n) is 15.2. The lowest BCUT2D eigenvalue weighted by atomic mass is 10.1. The molecule has 2 aromatic heterocycles. The lowest BCUT2D eigenvalue weighted by molar-refractivity contribution is -0.131. The Morgan fingerprint density at radius 1 is 1.07 bits per heavy atom. The number of nitrogens with one attached hydrogen (secondary N) is 2. The molecule has 0 saturated heterocycles. The summed E-state index contributed by atoms with van der Waals surface area (Å²) in [5, 5.41) is 35.8. The third-order valence-corrected chi connectivity index (χ3v) is 7.71. The average molecular weight is 631 g/mol. The molecule has 46 heavy (non-hydrogen) atoms. The van der Waals surface area contributed by atoms with Crippen molar-refractivity contribution in [1.29, 1.82) is 0 Å². The molecule has 1 aliphatic heterocycles. The summed E-state index contributed by atoms with van der Waals surface area (Å²) in [6.07, 6.45) is 1.95. The van der Waals surface area contributed by atoms with Crippen LogP contribution in [-0.4, -0.2) is 101 Å². The van der Waals surface area contributed by atoms with Gasteiger partial charge in [-0.15, -0.1) is 10.2 Å². The monoisotopic (exact) mass is 630 g/mol. The van der Waals surface area contributed by atoms with E-state index in [0.717, 1.165) is 22.5 Å². The average Bonchev–Trinajstić information content (AvgIpc) is 3.68. The molecule has 242 valence electrons. The first-order chi connectivity index (χ1) is 22.2. The fourth-order valence-electron chi connectivity index (χ4n) is 5.04. The fourth-order valence-corrected chi connectivity index (χ4v) is 5.04. The summed E-state index contributed by atoms with van der Waals surface area (Å²) in [5.41, 5.74) is 3.48. The van der Waals surface area contributed by atoms with Crippen LogP contribution in [0.25, 0.3) is 5.69 Å². The molecule has 4 aromatic rings. The van der Waals surface area contributed by atoms with Crippen molar-refractivity contribution in [2.75, 3.05) is 26.2 Å². The molecule has 0 saturated carbocycles. The highest BCUT2D eigenvalue weighted by molar-refractivity contribution is 5.98. The Kier molecular flexibility index (Phi) is 10.3. The first kappa shape index (κ1) is 32.2. The fraction of sp³-hybridized carbons (Fsp3) is 0.419. The zero-order valence-corrected chi connectivity index (χ0v) is 26.1. The second-order valence-corrected chi connectivity index (χ2v) is 11.2. The van der Waals surface area contributed by atoms with Gasteiger partial charge >= 0.3 is 0 Å². The van der Waals surface area contributed by atoms with Crippen LogP contribution in [0.2, 0.25) is 0 Å². The number of amides is 3. The summed E-state index contributed by atoms with van der Waals surface area (Å²) in [5.74, 6) is -0.0172. The van der Waals surface area contributed by atoms with E-state index in [9.17, 15) is 19.5 Å². The van der Waals surface area contributed by atoms with Crippen molar-refractivity contribution in [2.24, 2.45) is 0 Å². The highest BCUT2D eigenvalue weighted by atomic mass is 16.5. The summed E-state index contributed by atoms with van der Waals surface area (Å²) in [6.45, 7) is 6.75. The van der Waals surface area contributed by atoms with Crippen molar-refractivity contribution in [3.63, 3.8) is 0 Å². The van der Waals surface area contributed by atoms with Crippen LogP contribution in [0.15, 0.2) is 48.7 Å². The van der Waals surface area contributed by atoms with Gasteiger partial charge < -0.3 is 25.4 Å². The van der Waals surface area contributed by atoms with E-state index >= 15 is 0 Å². The van der Waals surface area contributed by atoms with E-state index in [1.807, 2.05) is 37.4 Å². The number of aromatic nitrogens is 7. The number of benzene rings is 2. The molecule has 2 aromatic carbocycles. The lowest BCUT2D eigenvalue weighted by Crippen LogP contribution is -2.53. The van der Waals surface area contributed by atoms with Crippen molar-refractivity contribution in [3.05, 3.63) is 76.9 Å². The number of fused-ring (bicyclic) bond motifs is 4. The Labute approximate surface area is 265 Å². The second-order valence-electron chi connectivity index (χ2n) is 11.2. The summed E-state index contributed by atoms with van der Waals surface area (Å²) in [6, 6.07) is 11.2. The Hall–Kier alpha value is -5.18. The number of aliphatic hydroxyl groups excluding tert-OH is 1. The van der Waals surface area contributed by atoms with Gasteiger partial charge in [-0.1, -0.05) is 23.4 Å². The summed E-state index contributed by atoms with van der Waals surface area (Å²) in [4.78, 5) is 41.4. The number of carbonyl (C=O) groups is 3. The SMILES string of the molecule is Cc1ccc2cc1OCCCn1cc(nn1)CCN(C(=O)Cc1ccc(-n3nnnc3C)cc1)CCNC(=O)[C@H]([C@@H](C)O)NC2=O. The van der Waals surface area contributed by atoms with E-state index in [1.54, 1.807) is 39.4 Å². The van der Waals surface area contributed by atoms with Crippen molar-refractivity contribution >= 4 is 17.7 Å². The molecule has 0 unspecified atom stereocenters. The predicted octanol–water partition coefficient (Wildman–Crippen LogP) is 0.563. The van der Waals surface area contributed by atoms with Gasteiger partial charge in [-0.3, -0.25) is 19.1 Å². The van der Waals surface area contributed by atoms with Gasteiger partial charge in [0.25, 0.3) is 5.91 Å². The van der Waals surface area contributed by atoms with Crippen LogP contribution >= 0.6 is 0 Å². The van der Waals surface area contributed by atoms with Crippen molar-refractivity contribution in [1.82, 2.24) is 50.7 Å². The molecule has 5 rings (SSSR count). The molecule has 0 fully saturated rings. The van der Waals surface area contributed by atoms with Crippen LogP contribution in [-0.2, 0) is 29.0 Å². The van der Waals surface area contributed by atoms with Gasteiger partial charge in [0, 0.05) is 50.8 Å². The maximum atomic E-state index is 13.5. The Balaban J connectivity index is 1.31. The normalized spacial score (nSPS) is 17.4. The third kappa shape index (κ3) is 8.10. The molecule has 3 heterocycles. The minimum absolute atomic E-state index is 0.108. The number of ether oxygens (including phenoxy) is 1. The summed E-state index contributed by atoms with van der Waals surface area (Å²) >= 11 is 0. The minimum Gasteiger partial charge on any atom is -0.493 e. The molecule has 2 atom stereocenters. The van der Waals surface area contributed by atoms with E-state index in [4.69, 9.17) is 4.74 Å². The standard InChI is InChI=1S/C31H38N10O5/c1-20-5-8-24-18-27(20)46-16-4-13-40-19-25(35-37-40)11-14-39(15-12-32-31(45)29(21(2)42)33-30(24)44)28(43)17-23-6-9-26(10-7-23)41-22(3)34-36-38-41/h5-10,18-19,21,29,42H,4,11-17H2,1-3H3,(H,32,45)(H,33,44)/t21-,29+/m1/s1. The molecule has 0 aliphatic carbocycles. The van der Waals surface area contributed by atoms with Crippen LogP contribution < -0.4 is 15.4 Å². The molecule has 1 aliphatic rings. The van der Waals surface area contributed by atoms with Crippen molar-refractivity contribution in [2.45, 2.75) is 58.7 Å². The van der Waals surface area contributed by atoms with Gasteiger partial charge in [0.05, 0.1) is 30.5 Å². The molecular formula is C31H38N10O5. The van der Waals surface area contributed by atoms with Gasteiger partial charge in [0.15, 0.2) is 5.82 Å². The zero-order chi connectivity index (χ0) is 32.6. The van der Waals surface area contributed by atoms with Crippen LogP contribution in [0.4, 0.5) is 0 Å². The maximum Gasteiger partial charge on any atom is 0.252 e. The third-order valence-electron chi connectivity index (χ3n) is 7.71. The van der Waals surface area contributed by atoms with Gasteiger partial charge in [-0.25, -0.2) is 0 Å². The number of rotatable bonds is 4. The van der Waals surface area contributed by atoms with Gasteiger partial charge in [0.1, 0.15) is 11.8 Å². The van der Waals surface area contributed by atoms with Crippen molar-refractivity contribution < 1.29 is 24.2 Å². The summed E-state index contributed by atoms with van der Waals surface area (Å²) in [7, 11) is 0. The molecular weight excluding hydrogens is 592 g/mol. The molecule has 0 spiro atoms. The number of carbonyl (C=O) groups excluding carboxylic acids is 3.